The molecule has 0 aromatic heterocycles. The van der Waals surface area contributed by atoms with Crippen LogP contribution in [0, 0.1) is 0 Å². The number of thioether (sulfide) groups is 1. The number of rotatable bonds is 11. The summed E-state index contributed by atoms with van der Waals surface area (Å²) in [6.07, 6.45) is -0.524. The summed E-state index contributed by atoms with van der Waals surface area (Å²) in [5.41, 5.74) is 12.4. The molecule has 1 spiro atoms. The van der Waals surface area contributed by atoms with Crippen molar-refractivity contribution < 1.29 is 43.5 Å². The summed E-state index contributed by atoms with van der Waals surface area (Å²) in [7, 11) is 0. The molecule has 5 amide bonds. The number of hydrogen-bond donors (Lipinski definition) is 11. The lowest BCUT2D eigenvalue weighted by Gasteiger charge is -2.42. The molecule has 0 saturated carbocycles. The first-order valence-corrected chi connectivity index (χ1v) is 18.0. The van der Waals surface area contributed by atoms with Crippen molar-refractivity contribution in [3.05, 3.63) is 70.8 Å². The molecule has 13 N–H and O–H groups in total. The second-order valence-electron chi connectivity index (χ2n) is 13.4. The minimum absolute atomic E-state index is 0.000542. The largest absolute Gasteiger partial charge is 0.446 e. The fraction of sp³-hybridized carbons (Fsp3) is 0.424. The van der Waals surface area contributed by atoms with Gasteiger partial charge in [0.1, 0.15) is 12.6 Å². The van der Waals surface area contributed by atoms with Gasteiger partial charge in [0.05, 0.1) is 25.3 Å². The quantitative estimate of drug-likeness (QED) is 0.0470. The summed E-state index contributed by atoms with van der Waals surface area (Å²) >= 11 is 1.62. The number of carbonyl (C=O) groups excluding carboxylic acids is 5. The molecular formula is C33H40N11O8S+. The standard InChI is InChI=1S/C33H39N11O8S/c34-28-42-26-20(39-29(35)44-10-9-32(50,51)33(26,44)43-28)13-52-31(49)36-12-16-1-3-17(4-2-16)25(46)18-5-7-19(8-6-18)27(47)38-15-37-23(45)11-22-24-21(14-53-22)40-30(48)41-24/h1-8,20-22,24,26,50-51H,9-15H2,(H10,34,35,36,37,38,39,40,41,42,43,45,47,48,49)/p+1/t20?,21-,22?,24-,26-,33-/m0/s1. The third kappa shape index (κ3) is 6.87. The van der Waals surface area contributed by atoms with Gasteiger partial charge in [-0.1, -0.05) is 36.4 Å². The molecule has 5 heterocycles. The predicted octanol–water partition coefficient (Wildman–Crippen LogP) is -3.13. The van der Waals surface area contributed by atoms with Crippen LogP contribution in [-0.2, 0) is 16.1 Å². The number of aliphatic hydroxyl groups is 2. The van der Waals surface area contributed by atoms with Crippen LogP contribution in [0.15, 0.2) is 53.5 Å². The molecule has 0 radical (unpaired) electrons. The van der Waals surface area contributed by atoms with E-state index < -0.39 is 35.5 Å². The molecule has 2 unspecified atom stereocenters. The van der Waals surface area contributed by atoms with Gasteiger partial charge in [0, 0.05) is 47.1 Å². The second kappa shape index (κ2) is 14.1. The molecule has 3 fully saturated rings. The lowest BCUT2D eigenvalue weighted by molar-refractivity contribution is -0.623. The summed E-state index contributed by atoms with van der Waals surface area (Å²) in [4.78, 5) is 66.6. The van der Waals surface area contributed by atoms with Crippen LogP contribution >= 0.6 is 11.8 Å². The Bertz CT molecular complexity index is 1890. The molecule has 19 nitrogen and oxygen atoms in total. The van der Waals surface area contributed by atoms with E-state index in [4.69, 9.17) is 16.2 Å². The van der Waals surface area contributed by atoms with Crippen molar-refractivity contribution >= 4 is 53.4 Å². The smallest absolute Gasteiger partial charge is 0.407 e. The molecule has 7 rings (SSSR count). The van der Waals surface area contributed by atoms with Gasteiger partial charge in [-0.05, 0) is 17.7 Å². The monoisotopic (exact) mass is 750 g/mol. The number of nitrogens with zero attached hydrogens (tertiary/aromatic N) is 2. The highest BCUT2D eigenvalue weighted by Gasteiger charge is 2.71. The van der Waals surface area contributed by atoms with Crippen LogP contribution in [0.4, 0.5) is 9.59 Å². The first-order valence-electron chi connectivity index (χ1n) is 17.0. The van der Waals surface area contributed by atoms with E-state index in [1.54, 1.807) is 52.7 Å². The van der Waals surface area contributed by atoms with Crippen LogP contribution in [0.1, 0.15) is 44.7 Å². The number of nitrogens with two attached hydrogens (primary N) is 2. The zero-order valence-corrected chi connectivity index (χ0v) is 29.1. The van der Waals surface area contributed by atoms with Crippen molar-refractivity contribution in [2.75, 3.05) is 25.6 Å². The molecule has 53 heavy (non-hydrogen) atoms. The summed E-state index contributed by atoms with van der Waals surface area (Å²) in [5.74, 6) is -2.21. The van der Waals surface area contributed by atoms with Crippen LogP contribution in [0.3, 0.4) is 0 Å². The topological polar surface area (TPSA) is 287 Å². The highest BCUT2D eigenvalue weighted by molar-refractivity contribution is 8.00. The third-order valence-electron chi connectivity index (χ3n) is 10.1. The molecule has 0 bridgehead atoms. The van der Waals surface area contributed by atoms with Gasteiger partial charge >= 0.3 is 18.1 Å². The molecule has 5 aliphatic heterocycles. The number of amides is 5. The number of guanidine groups is 2. The average Bonchev–Trinajstić information content (AvgIpc) is 3.87. The van der Waals surface area contributed by atoms with Crippen molar-refractivity contribution in [2.24, 2.45) is 16.5 Å². The van der Waals surface area contributed by atoms with E-state index >= 15 is 0 Å². The highest BCUT2D eigenvalue weighted by Crippen LogP contribution is 2.41. The summed E-state index contributed by atoms with van der Waals surface area (Å²) in [6.45, 7) is 0.0741. The summed E-state index contributed by atoms with van der Waals surface area (Å²) in [6, 6.07) is 10.9. The Kier molecular flexibility index (Phi) is 9.51. The Morgan fingerprint density at radius 1 is 0.962 bits per heavy atom. The number of carbonyl (C=O) groups is 5. The van der Waals surface area contributed by atoms with Crippen molar-refractivity contribution in [2.45, 2.75) is 60.3 Å². The Hall–Kier alpha value is -5.60. The molecular weight excluding hydrogens is 710 g/mol. The van der Waals surface area contributed by atoms with Gasteiger partial charge in [-0.15, -0.1) is 0 Å². The maximum absolute atomic E-state index is 13.1. The van der Waals surface area contributed by atoms with E-state index in [-0.39, 0.29) is 86.2 Å². The lowest BCUT2D eigenvalue weighted by Crippen LogP contribution is -2.77. The number of nitrogens with one attached hydrogen (secondary N) is 7. The number of alkyl carbamates (subject to hydrolysis) is 1. The number of aliphatic imine (C=N–C) groups is 1. The van der Waals surface area contributed by atoms with Gasteiger partial charge in [0.2, 0.25) is 17.4 Å². The molecule has 280 valence electrons. The molecule has 20 heteroatoms. The molecule has 2 aromatic rings. The predicted molar refractivity (Wildman–Crippen MR) is 189 cm³/mol. The lowest BCUT2D eigenvalue weighted by atomic mass is 9.87. The average molecular weight is 751 g/mol. The van der Waals surface area contributed by atoms with Gasteiger partial charge in [-0.25, -0.2) is 19.2 Å². The van der Waals surface area contributed by atoms with E-state index in [1.165, 1.54) is 12.1 Å². The van der Waals surface area contributed by atoms with Crippen molar-refractivity contribution in [1.82, 2.24) is 37.2 Å². The van der Waals surface area contributed by atoms with E-state index in [0.717, 1.165) is 5.75 Å². The van der Waals surface area contributed by atoms with Gasteiger partial charge in [0.15, 0.2) is 17.8 Å². The second-order valence-corrected chi connectivity index (χ2v) is 14.6. The molecule has 6 atom stereocenters. The van der Waals surface area contributed by atoms with E-state index in [0.29, 0.717) is 22.3 Å². The first kappa shape index (κ1) is 35.8. The summed E-state index contributed by atoms with van der Waals surface area (Å²) in [5, 5.41) is 41.0. The molecule has 5 aliphatic rings. The van der Waals surface area contributed by atoms with Gasteiger partial charge < -0.3 is 52.6 Å². The minimum Gasteiger partial charge on any atom is -0.446 e. The Balaban J connectivity index is 0.844. The van der Waals surface area contributed by atoms with E-state index in [2.05, 4.69) is 42.2 Å². The maximum atomic E-state index is 13.1. The number of ketones is 1. The fourth-order valence-corrected chi connectivity index (χ4v) is 8.86. The third-order valence-corrected chi connectivity index (χ3v) is 11.5. The number of fused-ring (bicyclic) bond motifs is 1. The number of ether oxygens (including phenoxy) is 1. The molecule has 2 aromatic carbocycles. The van der Waals surface area contributed by atoms with Crippen LogP contribution in [0.25, 0.3) is 0 Å². The molecule has 3 saturated heterocycles. The Morgan fingerprint density at radius 2 is 1.66 bits per heavy atom. The number of benzene rings is 2. The van der Waals surface area contributed by atoms with Crippen LogP contribution < -0.4 is 48.7 Å². The van der Waals surface area contributed by atoms with Gasteiger partial charge in [-0.2, -0.15) is 11.8 Å². The summed E-state index contributed by atoms with van der Waals surface area (Å²) < 4.78 is 6.98. The SMILES string of the molecule is NC1=N[C@H]2C(COC(=O)NCc3ccc(C(=O)c4ccc(C(=O)NCNC(=O)CC5SC[C@@H]6NC(=O)N[C@H]56)cc4)cc3)NC(N)=[N+]3CCC(O)(O)[C@]23N1. The van der Waals surface area contributed by atoms with Gasteiger partial charge in [0.25, 0.3) is 5.91 Å². The maximum Gasteiger partial charge on any atom is 0.407 e. The number of hydrogen-bond acceptors (Lipinski definition) is 14. The normalized spacial score (nSPS) is 27.5. The Morgan fingerprint density at radius 3 is 2.40 bits per heavy atom. The van der Waals surface area contributed by atoms with Crippen LogP contribution in [0.2, 0.25) is 0 Å². The van der Waals surface area contributed by atoms with E-state index in [9.17, 15) is 34.2 Å². The van der Waals surface area contributed by atoms with Gasteiger partial charge in [-0.3, -0.25) is 25.4 Å². The minimum atomic E-state index is -2.19. The van der Waals surface area contributed by atoms with Crippen LogP contribution in [-0.4, -0.2) is 123 Å². The van der Waals surface area contributed by atoms with Crippen molar-refractivity contribution in [3.8, 4) is 0 Å². The van der Waals surface area contributed by atoms with Crippen molar-refractivity contribution in [1.29, 1.82) is 0 Å². The van der Waals surface area contributed by atoms with Crippen LogP contribution in [0.5, 0.6) is 0 Å². The Labute approximate surface area is 306 Å². The van der Waals surface area contributed by atoms with Crippen molar-refractivity contribution in [3.63, 3.8) is 0 Å². The zero-order valence-electron chi connectivity index (χ0n) is 28.3. The highest BCUT2D eigenvalue weighted by atomic mass is 32.2. The molecule has 0 aliphatic carbocycles. The fourth-order valence-electron chi connectivity index (χ4n) is 7.38. The first-order chi connectivity index (χ1) is 25.3. The number of urea groups is 1. The van der Waals surface area contributed by atoms with E-state index in [1.807, 2.05) is 0 Å². The zero-order chi connectivity index (χ0) is 37.5.